The van der Waals surface area contributed by atoms with E-state index in [2.05, 4.69) is 5.32 Å². The van der Waals surface area contributed by atoms with Gasteiger partial charge in [-0.3, -0.25) is 4.79 Å². The maximum atomic E-state index is 12.8. The molecule has 0 saturated carbocycles. The third-order valence-electron chi connectivity index (χ3n) is 4.91. The summed E-state index contributed by atoms with van der Waals surface area (Å²) in [5.74, 6) is 1.38. The molecule has 0 aliphatic carbocycles. The molecule has 2 aromatic carbocycles. The molecule has 0 aliphatic rings. The third-order valence-corrected chi connectivity index (χ3v) is 5.87. The van der Waals surface area contributed by atoms with E-state index in [4.69, 9.17) is 20.2 Å². The molecule has 0 spiro atoms. The summed E-state index contributed by atoms with van der Waals surface area (Å²) in [6, 6.07) is 13.1. The lowest BCUT2D eigenvalue weighted by molar-refractivity contribution is -0.129. The first-order chi connectivity index (χ1) is 14.7. The van der Waals surface area contributed by atoms with Gasteiger partial charge in [-0.2, -0.15) is 0 Å². The van der Waals surface area contributed by atoms with Gasteiger partial charge in [-0.25, -0.2) is 4.98 Å². The number of nitrogen functional groups attached to an aromatic ring is 1. The number of methoxy groups -OCH3 is 2. The average molecular weight is 440 g/mol. The zero-order chi connectivity index (χ0) is 22.6. The Morgan fingerprint density at radius 2 is 1.84 bits per heavy atom. The molecule has 164 valence electrons. The van der Waals surface area contributed by atoms with Gasteiger partial charge in [0, 0.05) is 28.1 Å². The monoisotopic (exact) mass is 439 g/mol. The minimum absolute atomic E-state index is 0.0216. The fourth-order valence-corrected chi connectivity index (χ4v) is 3.92. The van der Waals surface area contributed by atoms with Gasteiger partial charge in [0.15, 0.2) is 0 Å². The lowest BCUT2D eigenvalue weighted by Crippen LogP contribution is -2.38. The highest BCUT2D eigenvalue weighted by Gasteiger charge is 2.27. The molecular formula is C24H29N3O3S. The highest BCUT2D eigenvalue weighted by molar-refractivity contribution is 7.10. The standard InChI is InChI=1S/C24H29N3O3S/c1-24(2,3)23(28)27-19(12-15-6-8-16(25)9-7-15)22-26-20(14-31-22)18-11-10-17(29-4)13-21(18)30-5/h6-11,13-14,19H,12,25H2,1-5H3,(H,27,28)/t19-/m0/s1. The van der Waals surface area contributed by atoms with E-state index < -0.39 is 5.41 Å². The molecule has 0 bridgehead atoms. The first kappa shape index (κ1) is 22.6. The minimum atomic E-state index is -0.501. The Morgan fingerprint density at radius 3 is 2.45 bits per heavy atom. The first-order valence-electron chi connectivity index (χ1n) is 10.0. The molecule has 6 nitrogen and oxygen atoms in total. The van der Waals surface area contributed by atoms with Crippen LogP contribution in [0, 0.1) is 5.41 Å². The van der Waals surface area contributed by atoms with Crippen LogP contribution >= 0.6 is 11.3 Å². The van der Waals surface area contributed by atoms with Crippen LogP contribution in [0.15, 0.2) is 47.8 Å². The number of nitrogens with zero attached hydrogens (tertiary/aromatic N) is 1. The molecule has 1 heterocycles. The normalized spacial score (nSPS) is 12.3. The van der Waals surface area contributed by atoms with Gasteiger partial charge in [0.1, 0.15) is 16.5 Å². The number of amides is 1. The molecular weight excluding hydrogens is 410 g/mol. The number of aromatic nitrogens is 1. The van der Waals surface area contributed by atoms with Gasteiger partial charge in [0.2, 0.25) is 5.91 Å². The topological polar surface area (TPSA) is 86.5 Å². The second-order valence-electron chi connectivity index (χ2n) is 8.36. The maximum Gasteiger partial charge on any atom is 0.225 e. The summed E-state index contributed by atoms with van der Waals surface area (Å²) in [5.41, 5.74) is 8.78. The Kier molecular flexibility index (Phi) is 6.85. The van der Waals surface area contributed by atoms with Gasteiger partial charge in [0.05, 0.1) is 26.0 Å². The maximum absolute atomic E-state index is 12.8. The van der Waals surface area contributed by atoms with Crippen molar-refractivity contribution in [1.29, 1.82) is 0 Å². The summed E-state index contributed by atoms with van der Waals surface area (Å²) >= 11 is 1.52. The number of benzene rings is 2. The number of anilines is 1. The van der Waals surface area contributed by atoms with E-state index in [1.165, 1.54) is 11.3 Å². The fourth-order valence-electron chi connectivity index (χ4n) is 3.05. The minimum Gasteiger partial charge on any atom is -0.497 e. The Balaban J connectivity index is 1.93. The molecule has 1 aromatic heterocycles. The molecule has 3 aromatic rings. The highest BCUT2D eigenvalue weighted by atomic mass is 32.1. The quantitative estimate of drug-likeness (QED) is 0.514. The van der Waals surface area contributed by atoms with Crippen LogP contribution in [0.1, 0.15) is 37.4 Å². The summed E-state index contributed by atoms with van der Waals surface area (Å²) in [4.78, 5) is 17.6. The number of carbonyl (C=O) groups excluding carboxylic acids is 1. The molecule has 1 atom stereocenters. The molecule has 0 radical (unpaired) electrons. The summed E-state index contributed by atoms with van der Waals surface area (Å²) in [5, 5.41) is 5.99. The van der Waals surface area contributed by atoms with Crippen molar-refractivity contribution in [3.05, 3.63) is 58.4 Å². The number of ether oxygens (including phenoxy) is 2. The molecule has 3 N–H and O–H groups in total. The van der Waals surface area contributed by atoms with Gasteiger partial charge < -0.3 is 20.5 Å². The van der Waals surface area contributed by atoms with Crippen molar-refractivity contribution < 1.29 is 14.3 Å². The van der Waals surface area contributed by atoms with Crippen molar-refractivity contribution in [1.82, 2.24) is 10.3 Å². The molecule has 3 rings (SSSR count). The lowest BCUT2D eigenvalue weighted by Gasteiger charge is -2.23. The second-order valence-corrected chi connectivity index (χ2v) is 9.25. The van der Waals surface area contributed by atoms with Gasteiger partial charge in [0.25, 0.3) is 0 Å². The molecule has 1 amide bonds. The predicted octanol–water partition coefficient (Wildman–Crippen LogP) is 4.86. The van der Waals surface area contributed by atoms with Crippen LogP contribution in [0.25, 0.3) is 11.3 Å². The number of nitrogens with one attached hydrogen (secondary N) is 1. The number of carbonyl (C=O) groups is 1. The Labute approximate surface area is 187 Å². The van der Waals surface area contributed by atoms with E-state index in [-0.39, 0.29) is 11.9 Å². The van der Waals surface area contributed by atoms with Crippen molar-refractivity contribution in [2.24, 2.45) is 5.41 Å². The molecule has 0 unspecified atom stereocenters. The first-order valence-corrected chi connectivity index (χ1v) is 10.9. The summed E-state index contributed by atoms with van der Waals surface area (Å²) in [7, 11) is 3.24. The van der Waals surface area contributed by atoms with Crippen LogP contribution in [-0.4, -0.2) is 25.1 Å². The average Bonchev–Trinajstić information content (AvgIpc) is 3.23. The van der Waals surface area contributed by atoms with Crippen molar-refractivity contribution in [3.63, 3.8) is 0 Å². The number of hydrogen-bond donors (Lipinski definition) is 2. The fraction of sp³-hybridized carbons (Fsp3) is 0.333. The van der Waals surface area contributed by atoms with Crippen molar-refractivity contribution >= 4 is 22.9 Å². The lowest BCUT2D eigenvalue weighted by atomic mass is 9.94. The van der Waals surface area contributed by atoms with Crippen LogP contribution < -0.4 is 20.5 Å². The molecule has 0 fully saturated rings. The summed E-state index contributed by atoms with van der Waals surface area (Å²) in [6.45, 7) is 5.70. The number of rotatable bonds is 7. The van der Waals surface area contributed by atoms with Crippen LogP contribution in [0.5, 0.6) is 11.5 Å². The number of thiazole rings is 1. The van der Waals surface area contributed by atoms with Crippen LogP contribution in [0.2, 0.25) is 0 Å². The summed E-state index contributed by atoms with van der Waals surface area (Å²) < 4.78 is 10.8. The predicted molar refractivity (Wildman–Crippen MR) is 126 cm³/mol. The van der Waals surface area contributed by atoms with Crippen molar-refractivity contribution in [2.45, 2.75) is 33.2 Å². The van der Waals surface area contributed by atoms with E-state index in [0.29, 0.717) is 17.9 Å². The van der Waals surface area contributed by atoms with Crippen LogP contribution in [0.4, 0.5) is 5.69 Å². The van der Waals surface area contributed by atoms with E-state index in [1.54, 1.807) is 14.2 Å². The Morgan fingerprint density at radius 1 is 1.13 bits per heavy atom. The van der Waals surface area contributed by atoms with Crippen LogP contribution in [0.3, 0.4) is 0 Å². The zero-order valence-electron chi connectivity index (χ0n) is 18.6. The molecule has 7 heteroatoms. The molecule has 0 saturated heterocycles. The van der Waals surface area contributed by atoms with E-state index in [0.717, 1.165) is 27.6 Å². The van der Waals surface area contributed by atoms with Gasteiger partial charge in [-0.05, 0) is 36.2 Å². The van der Waals surface area contributed by atoms with Crippen molar-refractivity contribution in [2.75, 3.05) is 20.0 Å². The second kappa shape index (κ2) is 9.39. The largest absolute Gasteiger partial charge is 0.497 e. The van der Waals surface area contributed by atoms with Gasteiger partial charge in [-0.1, -0.05) is 32.9 Å². The zero-order valence-corrected chi connectivity index (χ0v) is 19.4. The van der Waals surface area contributed by atoms with Crippen molar-refractivity contribution in [3.8, 4) is 22.8 Å². The smallest absolute Gasteiger partial charge is 0.225 e. The van der Waals surface area contributed by atoms with E-state index in [9.17, 15) is 4.79 Å². The van der Waals surface area contributed by atoms with Gasteiger partial charge in [-0.15, -0.1) is 11.3 Å². The molecule has 31 heavy (non-hydrogen) atoms. The van der Waals surface area contributed by atoms with Gasteiger partial charge >= 0.3 is 0 Å². The number of nitrogens with two attached hydrogens (primary N) is 1. The third kappa shape index (κ3) is 5.55. The number of hydrogen-bond acceptors (Lipinski definition) is 6. The van der Waals surface area contributed by atoms with Crippen LogP contribution in [-0.2, 0) is 11.2 Å². The Bertz CT molecular complexity index is 1040. The summed E-state index contributed by atoms with van der Waals surface area (Å²) in [6.07, 6.45) is 0.620. The van der Waals surface area contributed by atoms with E-state index >= 15 is 0 Å². The molecule has 0 aliphatic heterocycles. The Hall–Kier alpha value is -3.06. The SMILES string of the molecule is COc1ccc(-c2csc([C@H](Cc3ccc(N)cc3)NC(=O)C(C)(C)C)n2)c(OC)c1. The highest BCUT2D eigenvalue weighted by Crippen LogP contribution is 2.35. The van der Waals surface area contributed by atoms with E-state index in [1.807, 2.05) is 68.6 Å².